The fraction of sp³-hybridized carbons (Fsp3) is 0.643. The SMILES string of the molecule is CC(C)(C)C1CC(n2cc([N+](=O)[O-])c(C(N)=O)n2)CCN1C(=O)O. The molecule has 0 radical (unpaired) electrons. The van der Waals surface area contributed by atoms with Crippen molar-refractivity contribution >= 4 is 17.7 Å². The van der Waals surface area contributed by atoms with E-state index in [4.69, 9.17) is 5.73 Å². The van der Waals surface area contributed by atoms with E-state index in [-0.39, 0.29) is 23.2 Å². The van der Waals surface area contributed by atoms with Crippen molar-refractivity contribution in [2.24, 2.45) is 11.1 Å². The standard InChI is InChI=1S/C14H21N5O5/c1-14(2,3)10-6-8(4-5-17(10)13(21)22)18-7-9(19(23)24)11(16-18)12(15)20/h7-8,10H,4-6H2,1-3H3,(H2,15,20)(H,21,22). The first-order valence-corrected chi connectivity index (χ1v) is 7.55. The van der Waals surface area contributed by atoms with Gasteiger partial charge in [-0.15, -0.1) is 0 Å². The molecule has 2 unspecified atom stereocenters. The normalized spacial score (nSPS) is 21.5. The molecule has 1 aliphatic heterocycles. The number of hydrogen-bond donors (Lipinski definition) is 2. The fourth-order valence-electron chi connectivity index (χ4n) is 3.12. The predicted octanol–water partition coefficient (Wildman–Crippen LogP) is 1.62. The van der Waals surface area contributed by atoms with Crippen LogP contribution in [-0.4, -0.2) is 49.3 Å². The van der Waals surface area contributed by atoms with Crippen molar-refractivity contribution in [3.63, 3.8) is 0 Å². The highest BCUT2D eigenvalue weighted by Crippen LogP contribution is 2.37. The third-order valence-corrected chi connectivity index (χ3v) is 4.34. The minimum Gasteiger partial charge on any atom is -0.465 e. The van der Waals surface area contributed by atoms with Gasteiger partial charge in [0.2, 0.25) is 5.69 Å². The Labute approximate surface area is 138 Å². The molecule has 1 aromatic rings. The molecule has 0 spiro atoms. The summed E-state index contributed by atoms with van der Waals surface area (Å²) in [4.78, 5) is 34.5. The van der Waals surface area contributed by atoms with Gasteiger partial charge in [0.1, 0.15) is 6.20 Å². The average molecular weight is 339 g/mol. The van der Waals surface area contributed by atoms with Crippen LogP contribution in [0.15, 0.2) is 6.20 Å². The number of carbonyl (C=O) groups is 2. The lowest BCUT2D eigenvalue weighted by molar-refractivity contribution is -0.385. The molecule has 0 saturated carbocycles. The van der Waals surface area contributed by atoms with Crippen molar-refractivity contribution in [2.75, 3.05) is 6.54 Å². The summed E-state index contributed by atoms with van der Waals surface area (Å²) in [5.41, 5.74) is 4.03. The number of primary amides is 1. The number of nitro groups is 1. The maximum atomic E-state index is 11.4. The summed E-state index contributed by atoms with van der Waals surface area (Å²) in [6.07, 6.45) is 1.11. The number of hydrogen-bond acceptors (Lipinski definition) is 5. The van der Waals surface area contributed by atoms with Crippen LogP contribution in [0, 0.1) is 15.5 Å². The van der Waals surface area contributed by atoms with Gasteiger partial charge in [-0.25, -0.2) is 4.79 Å². The number of nitrogens with two attached hydrogens (primary N) is 1. The van der Waals surface area contributed by atoms with Gasteiger partial charge < -0.3 is 15.7 Å². The summed E-state index contributed by atoms with van der Waals surface area (Å²) < 4.78 is 1.37. The van der Waals surface area contributed by atoms with Crippen LogP contribution >= 0.6 is 0 Å². The van der Waals surface area contributed by atoms with E-state index in [1.807, 2.05) is 20.8 Å². The van der Waals surface area contributed by atoms with Crippen molar-refractivity contribution in [3.8, 4) is 0 Å². The first-order chi connectivity index (χ1) is 11.0. The number of likely N-dealkylation sites (tertiary alicyclic amines) is 1. The zero-order valence-corrected chi connectivity index (χ0v) is 13.8. The number of carboxylic acid groups (broad SMARTS) is 1. The number of rotatable bonds is 3. The molecule has 1 aliphatic rings. The molecule has 2 rings (SSSR count). The summed E-state index contributed by atoms with van der Waals surface area (Å²) in [6.45, 7) is 6.12. The topological polar surface area (TPSA) is 145 Å². The molecule has 0 aromatic carbocycles. The van der Waals surface area contributed by atoms with Gasteiger partial charge in [0, 0.05) is 12.6 Å². The van der Waals surface area contributed by atoms with Gasteiger partial charge in [-0.05, 0) is 18.3 Å². The largest absolute Gasteiger partial charge is 0.465 e. The third kappa shape index (κ3) is 3.31. The Morgan fingerprint density at radius 1 is 1.46 bits per heavy atom. The molecule has 1 saturated heterocycles. The van der Waals surface area contributed by atoms with Crippen LogP contribution in [0.5, 0.6) is 0 Å². The molecule has 2 heterocycles. The number of amides is 2. The quantitative estimate of drug-likeness (QED) is 0.632. The number of carbonyl (C=O) groups excluding carboxylic acids is 1. The van der Waals surface area contributed by atoms with Crippen LogP contribution in [0.25, 0.3) is 0 Å². The molecule has 0 aliphatic carbocycles. The molecular formula is C14H21N5O5. The lowest BCUT2D eigenvalue weighted by Gasteiger charge is -2.44. The van der Waals surface area contributed by atoms with Crippen LogP contribution in [0.4, 0.5) is 10.5 Å². The number of nitrogens with zero attached hydrogens (tertiary/aromatic N) is 4. The van der Waals surface area contributed by atoms with E-state index in [1.165, 1.54) is 15.8 Å². The fourth-order valence-corrected chi connectivity index (χ4v) is 3.12. The van der Waals surface area contributed by atoms with Gasteiger partial charge >= 0.3 is 11.8 Å². The van der Waals surface area contributed by atoms with E-state index >= 15 is 0 Å². The highest BCUT2D eigenvalue weighted by molar-refractivity contribution is 5.94. The summed E-state index contributed by atoms with van der Waals surface area (Å²) in [5.74, 6) is -0.962. The summed E-state index contributed by atoms with van der Waals surface area (Å²) in [5, 5.41) is 24.4. The van der Waals surface area contributed by atoms with Gasteiger partial charge in [0.25, 0.3) is 5.91 Å². The average Bonchev–Trinajstić information content (AvgIpc) is 2.91. The Morgan fingerprint density at radius 3 is 2.50 bits per heavy atom. The second-order valence-electron chi connectivity index (χ2n) is 7.00. The Morgan fingerprint density at radius 2 is 2.08 bits per heavy atom. The van der Waals surface area contributed by atoms with E-state index in [1.54, 1.807) is 0 Å². The van der Waals surface area contributed by atoms with E-state index in [2.05, 4.69) is 5.10 Å². The molecule has 3 N–H and O–H groups in total. The molecule has 0 bridgehead atoms. The number of aromatic nitrogens is 2. The highest BCUT2D eigenvalue weighted by Gasteiger charge is 2.40. The Kier molecular flexibility index (Phi) is 4.50. The third-order valence-electron chi connectivity index (χ3n) is 4.34. The van der Waals surface area contributed by atoms with Crippen molar-refractivity contribution in [1.29, 1.82) is 0 Å². The van der Waals surface area contributed by atoms with E-state index in [0.717, 1.165) is 0 Å². The zero-order valence-electron chi connectivity index (χ0n) is 13.8. The zero-order chi connectivity index (χ0) is 18.2. The molecule has 2 atom stereocenters. The Balaban J connectivity index is 2.34. The smallest absolute Gasteiger partial charge is 0.407 e. The minimum atomic E-state index is -0.988. The molecule has 10 nitrogen and oxygen atoms in total. The van der Waals surface area contributed by atoms with Crippen LogP contribution in [-0.2, 0) is 0 Å². The van der Waals surface area contributed by atoms with Gasteiger partial charge in [-0.3, -0.25) is 19.6 Å². The molecule has 10 heteroatoms. The second kappa shape index (κ2) is 6.10. The lowest BCUT2D eigenvalue weighted by Crippen LogP contribution is -2.51. The minimum absolute atomic E-state index is 0.239. The predicted molar refractivity (Wildman–Crippen MR) is 83.6 cm³/mol. The second-order valence-corrected chi connectivity index (χ2v) is 7.00. The van der Waals surface area contributed by atoms with Gasteiger partial charge in [0.05, 0.1) is 11.0 Å². The van der Waals surface area contributed by atoms with Crippen molar-refractivity contribution in [1.82, 2.24) is 14.7 Å². The van der Waals surface area contributed by atoms with Crippen molar-refractivity contribution in [3.05, 3.63) is 22.0 Å². The van der Waals surface area contributed by atoms with Crippen LogP contribution in [0.2, 0.25) is 0 Å². The summed E-state index contributed by atoms with van der Waals surface area (Å²) in [6, 6.07) is -0.509. The molecule has 24 heavy (non-hydrogen) atoms. The monoisotopic (exact) mass is 339 g/mol. The maximum absolute atomic E-state index is 11.4. The molecule has 2 amide bonds. The molecular weight excluding hydrogens is 318 g/mol. The molecule has 1 aromatic heterocycles. The van der Waals surface area contributed by atoms with E-state index in [0.29, 0.717) is 19.4 Å². The van der Waals surface area contributed by atoms with Crippen LogP contribution in [0.3, 0.4) is 0 Å². The van der Waals surface area contributed by atoms with Gasteiger partial charge in [-0.2, -0.15) is 5.10 Å². The molecule has 132 valence electrons. The van der Waals surface area contributed by atoms with Crippen LogP contribution in [0.1, 0.15) is 50.1 Å². The molecule has 1 fully saturated rings. The maximum Gasteiger partial charge on any atom is 0.407 e. The van der Waals surface area contributed by atoms with Gasteiger partial charge in [-0.1, -0.05) is 20.8 Å². The first-order valence-electron chi connectivity index (χ1n) is 7.55. The first kappa shape index (κ1) is 17.7. The van der Waals surface area contributed by atoms with E-state index < -0.39 is 22.6 Å². The Bertz CT molecular complexity index is 646. The van der Waals surface area contributed by atoms with Crippen molar-refractivity contribution < 1.29 is 19.6 Å². The number of piperidine rings is 1. The van der Waals surface area contributed by atoms with E-state index in [9.17, 15) is 24.8 Å². The Hall–Kier alpha value is -2.65. The van der Waals surface area contributed by atoms with Gasteiger partial charge in [0.15, 0.2) is 0 Å². The lowest BCUT2D eigenvalue weighted by atomic mass is 9.79. The van der Waals surface area contributed by atoms with Crippen molar-refractivity contribution in [2.45, 2.75) is 45.7 Å². The summed E-state index contributed by atoms with van der Waals surface area (Å²) in [7, 11) is 0. The van der Waals surface area contributed by atoms with Crippen LogP contribution < -0.4 is 5.73 Å². The summed E-state index contributed by atoms with van der Waals surface area (Å²) >= 11 is 0. The highest BCUT2D eigenvalue weighted by atomic mass is 16.6.